The predicted octanol–water partition coefficient (Wildman–Crippen LogP) is 3.49. The maximum absolute atomic E-state index is 13.4. The first kappa shape index (κ1) is 19.3. The lowest BCUT2D eigenvalue weighted by molar-refractivity contribution is 0.0619. The monoisotopic (exact) mass is 413 g/mol. The third-order valence-electron chi connectivity index (χ3n) is 5.52. The molecule has 3 aromatic heterocycles. The van der Waals surface area contributed by atoms with Gasteiger partial charge in [0.15, 0.2) is 5.76 Å². The number of benzene rings is 1. The van der Waals surface area contributed by atoms with Crippen molar-refractivity contribution in [1.29, 1.82) is 0 Å². The van der Waals surface area contributed by atoms with Gasteiger partial charge in [0, 0.05) is 51.2 Å². The Morgan fingerprint density at radius 2 is 1.71 bits per heavy atom. The normalized spacial score (nSPS) is 14.6. The number of carbonyl (C=O) groups is 1. The largest absolute Gasteiger partial charge is 0.463 e. The average molecular weight is 413 g/mol. The third kappa shape index (κ3) is 4.13. The first-order valence-electron chi connectivity index (χ1n) is 10.4. The van der Waals surface area contributed by atoms with Crippen molar-refractivity contribution in [3.8, 4) is 17.1 Å². The van der Waals surface area contributed by atoms with Crippen LogP contribution in [0.25, 0.3) is 17.1 Å². The number of hydrogen-bond donors (Lipinski definition) is 0. The number of hydrogen-bond acceptors (Lipinski definition) is 5. The van der Waals surface area contributed by atoms with Crippen molar-refractivity contribution in [1.82, 2.24) is 24.6 Å². The van der Waals surface area contributed by atoms with Crippen molar-refractivity contribution < 1.29 is 9.21 Å². The molecule has 1 fully saturated rings. The van der Waals surface area contributed by atoms with Crippen LogP contribution in [-0.4, -0.2) is 56.7 Å². The average Bonchev–Trinajstić information content (AvgIpc) is 3.51. The van der Waals surface area contributed by atoms with Crippen LogP contribution in [0, 0.1) is 0 Å². The van der Waals surface area contributed by atoms with E-state index in [0.29, 0.717) is 30.2 Å². The number of aromatic nitrogens is 3. The summed E-state index contributed by atoms with van der Waals surface area (Å²) in [6, 6.07) is 19.3. The first-order chi connectivity index (χ1) is 15.3. The fraction of sp³-hybridized carbons (Fsp3) is 0.208. The minimum atomic E-state index is -0.0160. The number of nitrogens with zero attached hydrogens (tertiary/aromatic N) is 5. The van der Waals surface area contributed by atoms with Gasteiger partial charge in [0.1, 0.15) is 11.4 Å². The zero-order valence-electron chi connectivity index (χ0n) is 17.1. The number of para-hydroxylation sites is 1. The lowest BCUT2D eigenvalue weighted by atomic mass is 10.2. The lowest BCUT2D eigenvalue weighted by Crippen LogP contribution is -2.48. The summed E-state index contributed by atoms with van der Waals surface area (Å²) in [5.41, 5.74) is 3.27. The van der Waals surface area contributed by atoms with Crippen molar-refractivity contribution >= 4 is 5.91 Å². The maximum Gasteiger partial charge on any atom is 0.272 e. The molecule has 4 heterocycles. The van der Waals surface area contributed by atoms with E-state index >= 15 is 0 Å². The molecule has 1 aliphatic rings. The molecular formula is C24H23N5O2. The van der Waals surface area contributed by atoms with Crippen molar-refractivity contribution in [2.24, 2.45) is 0 Å². The summed E-state index contributed by atoms with van der Waals surface area (Å²) < 4.78 is 7.22. The molecule has 5 rings (SSSR count). The van der Waals surface area contributed by atoms with E-state index in [9.17, 15) is 4.79 Å². The molecule has 0 aliphatic carbocycles. The van der Waals surface area contributed by atoms with Crippen LogP contribution in [0.4, 0.5) is 0 Å². The Balaban J connectivity index is 1.35. The Kier molecular flexibility index (Phi) is 5.33. The Morgan fingerprint density at radius 1 is 0.935 bits per heavy atom. The Bertz CT molecular complexity index is 1130. The van der Waals surface area contributed by atoms with Gasteiger partial charge in [-0.05, 0) is 42.0 Å². The van der Waals surface area contributed by atoms with Crippen LogP contribution >= 0.6 is 0 Å². The zero-order valence-corrected chi connectivity index (χ0v) is 17.1. The molecule has 31 heavy (non-hydrogen) atoms. The predicted molar refractivity (Wildman–Crippen MR) is 117 cm³/mol. The quantitative estimate of drug-likeness (QED) is 0.501. The van der Waals surface area contributed by atoms with E-state index in [2.05, 4.69) is 15.0 Å². The van der Waals surface area contributed by atoms with E-state index in [1.807, 2.05) is 78.0 Å². The van der Waals surface area contributed by atoms with Gasteiger partial charge in [0.2, 0.25) is 0 Å². The van der Waals surface area contributed by atoms with E-state index in [1.54, 1.807) is 10.9 Å². The third-order valence-corrected chi connectivity index (χ3v) is 5.52. The van der Waals surface area contributed by atoms with Gasteiger partial charge in [-0.1, -0.05) is 18.2 Å². The number of furan rings is 1. The van der Waals surface area contributed by atoms with Gasteiger partial charge in [0.25, 0.3) is 5.91 Å². The molecule has 1 aliphatic heterocycles. The fourth-order valence-corrected chi connectivity index (χ4v) is 3.86. The zero-order chi connectivity index (χ0) is 21.0. The second kappa shape index (κ2) is 8.57. The van der Waals surface area contributed by atoms with Crippen molar-refractivity contribution in [2.75, 3.05) is 26.2 Å². The molecule has 1 amide bonds. The van der Waals surface area contributed by atoms with Gasteiger partial charge in [0.05, 0.1) is 12.0 Å². The topological polar surface area (TPSA) is 67.4 Å². The van der Waals surface area contributed by atoms with Gasteiger partial charge in [-0.2, -0.15) is 5.10 Å². The highest BCUT2D eigenvalue weighted by atomic mass is 16.3. The molecule has 4 aromatic rings. The summed E-state index contributed by atoms with van der Waals surface area (Å²) >= 11 is 0. The second-order valence-electron chi connectivity index (χ2n) is 7.56. The van der Waals surface area contributed by atoms with E-state index in [0.717, 1.165) is 25.3 Å². The number of piperazine rings is 1. The summed E-state index contributed by atoms with van der Waals surface area (Å²) in [5, 5.41) is 4.67. The summed E-state index contributed by atoms with van der Waals surface area (Å²) in [6.45, 7) is 3.90. The Morgan fingerprint density at radius 3 is 2.42 bits per heavy atom. The Labute approximate surface area is 180 Å². The van der Waals surface area contributed by atoms with Crippen LogP contribution in [0.3, 0.4) is 0 Å². The van der Waals surface area contributed by atoms with Gasteiger partial charge in [-0.3, -0.25) is 14.7 Å². The van der Waals surface area contributed by atoms with Gasteiger partial charge in [-0.15, -0.1) is 0 Å². The Hall–Kier alpha value is -3.71. The number of amides is 1. The molecule has 0 spiro atoms. The smallest absolute Gasteiger partial charge is 0.272 e. The highest BCUT2D eigenvalue weighted by Crippen LogP contribution is 2.23. The summed E-state index contributed by atoms with van der Waals surface area (Å²) in [4.78, 5) is 21.8. The molecule has 0 atom stereocenters. The standard InChI is InChI=1S/C24H23N5O2/c30-24(28-14-12-27(13-15-28)18-19-8-10-25-11-9-19)22-17-21(23-7-4-16-31-23)26-29(22)20-5-2-1-3-6-20/h1-11,16-17H,12-15,18H2. The highest BCUT2D eigenvalue weighted by Gasteiger charge is 2.26. The number of carbonyl (C=O) groups excluding carboxylic acids is 1. The van der Waals surface area contributed by atoms with Crippen molar-refractivity contribution in [3.05, 3.63) is 90.6 Å². The molecule has 1 saturated heterocycles. The van der Waals surface area contributed by atoms with Gasteiger partial charge >= 0.3 is 0 Å². The molecule has 156 valence electrons. The van der Waals surface area contributed by atoms with Gasteiger partial charge in [-0.25, -0.2) is 4.68 Å². The summed E-state index contributed by atoms with van der Waals surface area (Å²) in [6.07, 6.45) is 5.24. The molecule has 0 unspecified atom stereocenters. The van der Waals surface area contributed by atoms with Crippen molar-refractivity contribution in [2.45, 2.75) is 6.54 Å². The maximum atomic E-state index is 13.4. The number of pyridine rings is 1. The van der Waals surface area contributed by atoms with E-state index in [4.69, 9.17) is 4.42 Å². The van der Waals surface area contributed by atoms with Crippen LogP contribution in [0.2, 0.25) is 0 Å². The van der Waals surface area contributed by atoms with Crippen LogP contribution in [0.5, 0.6) is 0 Å². The molecule has 0 N–H and O–H groups in total. The van der Waals surface area contributed by atoms with Gasteiger partial charge < -0.3 is 9.32 Å². The minimum Gasteiger partial charge on any atom is -0.463 e. The molecule has 0 bridgehead atoms. The van der Waals surface area contributed by atoms with Crippen LogP contribution in [0.15, 0.2) is 83.7 Å². The summed E-state index contributed by atoms with van der Waals surface area (Å²) in [7, 11) is 0. The van der Waals surface area contributed by atoms with Crippen LogP contribution in [0.1, 0.15) is 16.1 Å². The van der Waals surface area contributed by atoms with Crippen LogP contribution < -0.4 is 0 Å². The summed E-state index contributed by atoms with van der Waals surface area (Å²) in [5.74, 6) is 0.628. The molecular weight excluding hydrogens is 390 g/mol. The van der Waals surface area contributed by atoms with E-state index in [-0.39, 0.29) is 5.91 Å². The van der Waals surface area contributed by atoms with Crippen LogP contribution in [-0.2, 0) is 6.54 Å². The van der Waals surface area contributed by atoms with Crippen molar-refractivity contribution in [3.63, 3.8) is 0 Å². The molecule has 7 nitrogen and oxygen atoms in total. The molecule has 7 heteroatoms. The fourth-order valence-electron chi connectivity index (χ4n) is 3.86. The molecule has 0 radical (unpaired) electrons. The number of rotatable bonds is 5. The highest BCUT2D eigenvalue weighted by molar-refractivity contribution is 5.94. The minimum absolute atomic E-state index is 0.0160. The second-order valence-corrected chi connectivity index (χ2v) is 7.56. The molecule has 0 saturated carbocycles. The molecule has 1 aromatic carbocycles. The first-order valence-corrected chi connectivity index (χ1v) is 10.4. The lowest BCUT2D eigenvalue weighted by Gasteiger charge is -2.34. The van der Waals surface area contributed by atoms with E-state index in [1.165, 1.54) is 5.56 Å². The SMILES string of the molecule is O=C(c1cc(-c2ccco2)nn1-c1ccccc1)N1CCN(Cc2ccncc2)CC1. The van der Waals surface area contributed by atoms with E-state index < -0.39 is 0 Å².